The lowest BCUT2D eigenvalue weighted by molar-refractivity contribution is 0.294. The number of fused-ring (bicyclic) bond motifs is 2. The van der Waals surface area contributed by atoms with Crippen LogP contribution in [0.15, 0.2) is 53.8 Å². The summed E-state index contributed by atoms with van der Waals surface area (Å²) in [7, 11) is 0. The summed E-state index contributed by atoms with van der Waals surface area (Å²) in [5.41, 5.74) is 6.14. The highest BCUT2D eigenvalue weighted by molar-refractivity contribution is 7.80. The topological polar surface area (TPSA) is 56.3 Å². The Morgan fingerprint density at radius 3 is 2.85 bits per heavy atom. The van der Waals surface area contributed by atoms with E-state index in [1.165, 1.54) is 17.5 Å². The average molecular weight is 474 g/mol. The second-order valence-electron chi connectivity index (χ2n) is 11.1. The number of aryl methyl sites for hydroxylation is 1. The fourth-order valence-electron chi connectivity index (χ4n) is 5.76. The molecule has 178 valence electrons. The molecular weight excluding hydrogens is 438 g/mol. The molecule has 3 unspecified atom stereocenters. The predicted molar refractivity (Wildman–Crippen MR) is 146 cm³/mol. The van der Waals surface area contributed by atoms with Gasteiger partial charge in [-0.1, -0.05) is 52.0 Å². The van der Waals surface area contributed by atoms with Gasteiger partial charge in [-0.25, -0.2) is 4.98 Å². The van der Waals surface area contributed by atoms with Crippen molar-refractivity contribution in [2.75, 3.05) is 4.90 Å². The standard InChI is InChI=1S/C28H35N5S/c1-18(16-28(2,3)4)14-25-26(31-22-11-7-9-19-8-5-6-10-21(19)22)32-27(34)33(25)20-12-13-23-24(15-20)30-17-29-23/h5-6,8,10,12-13,15,17-18,22,25H,7,9,11,14,16H2,1-4H3,(H,29,30)(H,31,32,34). The molecule has 0 saturated carbocycles. The van der Waals surface area contributed by atoms with Crippen LogP contribution in [-0.2, 0) is 6.42 Å². The molecule has 2 N–H and O–H groups in total. The van der Waals surface area contributed by atoms with Gasteiger partial charge in [0.1, 0.15) is 5.84 Å². The number of aromatic nitrogens is 2. The minimum Gasteiger partial charge on any atom is -0.345 e. The molecule has 34 heavy (non-hydrogen) atoms. The monoisotopic (exact) mass is 473 g/mol. The maximum Gasteiger partial charge on any atom is 0.179 e. The first-order chi connectivity index (χ1) is 16.3. The Bertz CT molecular complexity index is 1220. The Hall–Kier alpha value is -2.73. The number of anilines is 1. The summed E-state index contributed by atoms with van der Waals surface area (Å²) in [5, 5.41) is 4.25. The van der Waals surface area contributed by atoms with Crippen molar-refractivity contribution in [2.45, 2.75) is 71.9 Å². The van der Waals surface area contributed by atoms with Crippen LogP contribution in [0.25, 0.3) is 11.0 Å². The number of imidazole rings is 1. The molecule has 2 aliphatic rings. The van der Waals surface area contributed by atoms with Crippen molar-refractivity contribution in [1.82, 2.24) is 15.3 Å². The first-order valence-electron chi connectivity index (χ1n) is 12.5. The van der Waals surface area contributed by atoms with Crippen LogP contribution in [0.2, 0.25) is 0 Å². The zero-order valence-electron chi connectivity index (χ0n) is 20.6. The van der Waals surface area contributed by atoms with Crippen LogP contribution in [0.3, 0.4) is 0 Å². The van der Waals surface area contributed by atoms with Gasteiger partial charge in [-0.15, -0.1) is 0 Å². The van der Waals surface area contributed by atoms with Gasteiger partial charge in [-0.3, -0.25) is 4.99 Å². The molecule has 1 saturated heterocycles. The van der Waals surface area contributed by atoms with Crippen molar-refractivity contribution in [3.63, 3.8) is 0 Å². The van der Waals surface area contributed by atoms with E-state index >= 15 is 0 Å². The minimum atomic E-state index is 0.0929. The lowest BCUT2D eigenvalue weighted by Crippen LogP contribution is -2.37. The highest BCUT2D eigenvalue weighted by atomic mass is 32.1. The van der Waals surface area contributed by atoms with E-state index < -0.39 is 0 Å². The number of nitrogens with one attached hydrogen (secondary N) is 2. The maximum absolute atomic E-state index is 5.89. The zero-order chi connectivity index (χ0) is 23.9. The van der Waals surface area contributed by atoms with Crippen LogP contribution in [0.5, 0.6) is 0 Å². The van der Waals surface area contributed by atoms with Crippen molar-refractivity contribution in [1.29, 1.82) is 0 Å². The average Bonchev–Trinajstić information content (AvgIpc) is 3.36. The van der Waals surface area contributed by atoms with Crippen molar-refractivity contribution in [2.24, 2.45) is 16.3 Å². The number of amidine groups is 1. The molecule has 2 aromatic carbocycles. The van der Waals surface area contributed by atoms with Crippen LogP contribution in [0.1, 0.15) is 70.5 Å². The van der Waals surface area contributed by atoms with Crippen LogP contribution in [-0.4, -0.2) is 27.0 Å². The van der Waals surface area contributed by atoms with Crippen LogP contribution in [0, 0.1) is 11.3 Å². The number of benzene rings is 2. The third kappa shape index (κ3) is 4.74. The molecule has 6 heteroatoms. The highest BCUT2D eigenvalue weighted by Crippen LogP contribution is 2.36. The maximum atomic E-state index is 5.89. The number of aromatic amines is 1. The highest BCUT2D eigenvalue weighted by Gasteiger charge is 2.37. The smallest absolute Gasteiger partial charge is 0.179 e. The summed E-state index contributed by atoms with van der Waals surface area (Å²) in [6, 6.07) is 15.4. The molecule has 1 fully saturated rings. The lowest BCUT2D eigenvalue weighted by atomic mass is 9.82. The largest absolute Gasteiger partial charge is 0.345 e. The van der Waals surface area contributed by atoms with Crippen molar-refractivity contribution in [3.8, 4) is 0 Å². The Labute approximate surface area is 208 Å². The predicted octanol–water partition coefficient (Wildman–Crippen LogP) is 6.56. The van der Waals surface area contributed by atoms with Gasteiger partial charge >= 0.3 is 0 Å². The number of aliphatic imine (C=N–C) groups is 1. The molecule has 0 radical (unpaired) electrons. The number of rotatable bonds is 5. The Morgan fingerprint density at radius 2 is 2.03 bits per heavy atom. The van der Waals surface area contributed by atoms with E-state index in [2.05, 4.69) is 90.3 Å². The van der Waals surface area contributed by atoms with Crippen LogP contribution >= 0.6 is 12.2 Å². The third-order valence-electron chi connectivity index (χ3n) is 6.98. The van der Waals surface area contributed by atoms with Gasteiger partial charge in [0.15, 0.2) is 5.11 Å². The third-order valence-corrected chi connectivity index (χ3v) is 7.28. The summed E-state index contributed by atoms with van der Waals surface area (Å²) in [6.45, 7) is 9.31. The van der Waals surface area contributed by atoms with E-state index in [0.717, 1.165) is 53.4 Å². The van der Waals surface area contributed by atoms with E-state index in [0.29, 0.717) is 5.92 Å². The van der Waals surface area contributed by atoms with Gasteiger partial charge in [0.25, 0.3) is 0 Å². The Kier molecular flexibility index (Phi) is 6.19. The fourth-order valence-corrected chi connectivity index (χ4v) is 6.10. The zero-order valence-corrected chi connectivity index (χ0v) is 21.5. The van der Waals surface area contributed by atoms with Crippen molar-refractivity contribution in [3.05, 3.63) is 59.9 Å². The molecule has 3 aromatic rings. The molecular formula is C28H35N5S. The number of hydrogen-bond acceptors (Lipinski definition) is 3. The van der Waals surface area contributed by atoms with Gasteiger partial charge < -0.3 is 15.2 Å². The minimum absolute atomic E-state index is 0.0929. The Morgan fingerprint density at radius 1 is 1.21 bits per heavy atom. The van der Waals surface area contributed by atoms with Gasteiger partial charge in [0.2, 0.25) is 0 Å². The summed E-state index contributed by atoms with van der Waals surface area (Å²) >= 11 is 5.89. The SMILES string of the molecule is CC(CC1C(=NC2CCCc3ccccc32)NC(=S)N1c1ccc2[nH]cnc2c1)CC(C)(C)C. The first-order valence-corrected chi connectivity index (χ1v) is 12.9. The summed E-state index contributed by atoms with van der Waals surface area (Å²) < 4.78 is 0. The Balaban J connectivity index is 1.51. The first kappa shape index (κ1) is 23.0. The second kappa shape index (κ2) is 9.14. The molecule has 5 rings (SSSR count). The summed E-state index contributed by atoms with van der Waals surface area (Å²) in [5.74, 6) is 1.54. The van der Waals surface area contributed by atoms with E-state index in [4.69, 9.17) is 17.2 Å². The van der Waals surface area contributed by atoms with Gasteiger partial charge in [-0.05, 0) is 85.0 Å². The number of nitrogens with zero attached hydrogens (tertiary/aromatic N) is 3. The summed E-state index contributed by atoms with van der Waals surface area (Å²) in [6.07, 6.45) is 7.29. The lowest BCUT2D eigenvalue weighted by Gasteiger charge is -2.30. The number of hydrogen-bond donors (Lipinski definition) is 2. The van der Waals surface area contributed by atoms with Crippen LogP contribution in [0.4, 0.5) is 5.69 Å². The van der Waals surface area contributed by atoms with E-state index in [9.17, 15) is 0 Å². The second-order valence-corrected chi connectivity index (χ2v) is 11.5. The molecule has 1 aliphatic carbocycles. The van der Waals surface area contributed by atoms with Gasteiger partial charge in [0, 0.05) is 5.69 Å². The molecule has 0 bridgehead atoms. The van der Waals surface area contributed by atoms with Crippen LogP contribution < -0.4 is 10.2 Å². The fraction of sp³-hybridized carbons (Fsp3) is 0.464. The molecule has 1 aromatic heterocycles. The molecule has 1 aliphatic heterocycles. The molecule has 0 spiro atoms. The number of H-pyrrole nitrogens is 1. The number of thiocarbonyl (C=S) groups is 1. The molecule has 5 nitrogen and oxygen atoms in total. The van der Waals surface area contributed by atoms with E-state index in [-0.39, 0.29) is 17.5 Å². The molecule has 3 atom stereocenters. The van der Waals surface area contributed by atoms with E-state index in [1.54, 1.807) is 6.33 Å². The molecule has 0 amide bonds. The summed E-state index contributed by atoms with van der Waals surface area (Å²) in [4.78, 5) is 15.3. The van der Waals surface area contributed by atoms with Gasteiger partial charge in [-0.2, -0.15) is 0 Å². The van der Waals surface area contributed by atoms with Crippen molar-refractivity contribution < 1.29 is 0 Å². The molecule has 2 heterocycles. The van der Waals surface area contributed by atoms with Crippen molar-refractivity contribution >= 4 is 39.9 Å². The normalized spacial score (nSPS) is 22.8. The van der Waals surface area contributed by atoms with E-state index in [1.807, 2.05) is 0 Å². The van der Waals surface area contributed by atoms with Gasteiger partial charge in [0.05, 0.1) is 29.4 Å². The quantitative estimate of drug-likeness (QED) is 0.412.